The molecule has 6 nitrogen and oxygen atoms in total. The molecule has 1 saturated heterocycles. The monoisotopic (exact) mass is 438 g/mol. The van der Waals surface area contributed by atoms with Crippen LogP contribution < -0.4 is 10.2 Å². The first-order chi connectivity index (χ1) is 11.6. The highest BCUT2D eigenvalue weighted by Crippen LogP contribution is 2.12. The number of carbonyl (C=O) groups is 1. The van der Waals surface area contributed by atoms with E-state index < -0.39 is 0 Å². The third-order valence-electron chi connectivity index (χ3n) is 3.73. The number of morpholine rings is 1. The summed E-state index contributed by atoms with van der Waals surface area (Å²) in [6.45, 7) is 5.28. The van der Waals surface area contributed by atoms with E-state index in [4.69, 9.17) is 4.74 Å². The predicted octanol–water partition coefficient (Wildman–Crippen LogP) is 2.16. The number of rotatable bonds is 4. The Morgan fingerprint density at radius 2 is 1.96 bits per heavy atom. The van der Waals surface area contributed by atoms with Gasteiger partial charge in [-0.25, -0.2) is 9.97 Å². The molecule has 0 atom stereocenters. The first kappa shape index (κ1) is 17.1. The van der Waals surface area contributed by atoms with Gasteiger partial charge in [0, 0.05) is 27.9 Å². The number of nitrogens with zero attached hydrogens (tertiary/aromatic N) is 3. The van der Waals surface area contributed by atoms with Gasteiger partial charge in [-0.1, -0.05) is 0 Å². The number of halogens is 1. The average molecular weight is 438 g/mol. The lowest BCUT2D eigenvalue weighted by Gasteiger charge is -2.27. The fourth-order valence-corrected chi connectivity index (χ4v) is 2.85. The van der Waals surface area contributed by atoms with Crippen molar-refractivity contribution in [3.05, 3.63) is 50.9 Å². The molecule has 0 spiro atoms. The molecule has 1 aliphatic heterocycles. The van der Waals surface area contributed by atoms with E-state index in [2.05, 4.69) is 42.8 Å². The third kappa shape index (κ3) is 4.41. The van der Waals surface area contributed by atoms with E-state index >= 15 is 0 Å². The second-order valence-electron chi connectivity index (χ2n) is 5.59. The number of anilines is 1. The molecule has 0 aliphatic carbocycles. The van der Waals surface area contributed by atoms with Crippen molar-refractivity contribution < 1.29 is 9.53 Å². The summed E-state index contributed by atoms with van der Waals surface area (Å²) >= 11 is 2.22. The number of aromatic nitrogens is 2. The highest BCUT2D eigenvalue weighted by atomic mass is 127. The molecule has 1 aromatic heterocycles. The van der Waals surface area contributed by atoms with E-state index in [9.17, 15) is 4.79 Å². The van der Waals surface area contributed by atoms with Gasteiger partial charge in [0.1, 0.15) is 0 Å². The van der Waals surface area contributed by atoms with Crippen molar-refractivity contribution in [2.24, 2.45) is 0 Å². The van der Waals surface area contributed by atoms with Crippen LogP contribution in [-0.2, 0) is 11.3 Å². The molecular weight excluding hydrogens is 419 g/mol. The molecule has 2 heterocycles. The number of hydrogen-bond acceptors (Lipinski definition) is 5. The van der Waals surface area contributed by atoms with Crippen LogP contribution in [0, 0.1) is 10.5 Å². The molecule has 7 heteroatoms. The van der Waals surface area contributed by atoms with Gasteiger partial charge < -0.3 is 15.0 Å². The second-order valence-corrected chi connectivity index (χ2v) is 6.84. The number of carbonyl (C=O) groups excluding carboxylic acids is 1. The number of hydrogen-bond donors (Lipinski definition) is 1. The fraction of sp³-hybridized carbons (Fsp3) is 0.353. The first-order valence-corrected chi connectivity index (χ1v) is 8.91. The summed E-state index contributed by atoms with van der Waals surface area (Å²) in [5.41, 5.74) is 2.35. The summed E-state index contributed by atoms with van der Waals surface area (Å²) in [7, 11) is 0. The summed E-state index contributed by atoms with van der Waals surface area (Å²) in [5, 5.41) is 2.92. The summed E-state index contributed by atoms with van der Waals surface area (Å²) in [6.07, 6.45) is 0. The number of amides is 1. The minimum absolute atomic E-state index is 0.101. The Balaban J connectivity index is 1.67. The topological polar surface area (TPSA) is 67.4 Å². The van der Waals surface area contributed by atoms with E-state index in [1.807, 2.05) is 37.3 Å². The van der Waals surface area contributed by atoms with Gasteiger partial charge in [-0.2, -0.15) is 0 Å². The Hall–Kier alpha value is -1.74. The van der Waals surface area contributed by atoms with Gasteiger partial charge in [0.15, 0.2) is 0 Å². The summed E-state index contributed by atoms with van der Waals surface area (Å²) in [5.74, 6) is 0.604. The fourth-order valence-electron chi connectivity index (χ4n) is 2.49. The Morgan fingerprint density at radius 1 is 1.25 bits per heavy atom. The highest BCUT2D eigenvalue weighted by molar-refractivity contribution is 14.1. The molecule has 2 aromatic rings. The highest BCUT2D eigenvalue weighted by Gasteiger charge is 2.15. The van der Waals surface area contributed by atoms with Crippen molar-refractivity contribution in [2.45, 2.75) is 13.5 Å². The largest absolute Gasteiger partial charge is 0.378 e. The minimum atomic E-state index is -0.101. The molecule has 3 rings (SSSR count). The van der Waals surface area contributed by atoms with Crippen molar-refractivity contribution in [1.29, 1.82) is 0 Å². The van der Waals surface area contributed by atoms with Crippen molar-refractivity contribution >= 4 is 34.4 Å². The maximum atomic E-state index is 12.2. The van der Waals surface area contributed by atoms with Crippen LogP contribution in [0.4, 0.5) is 5.95 Å². The molecule has 1 aliphatic rings. The van der Waals surface area contributed by atoms with Gasteiger partial charge in [0.25, 0.3) is 5.91 Å². The standard InChI is InChI=1S/C17H19IN4O2/c1-12-10-15(21-17(20-12)22-6-8-24-9-7-22)11-19-16(23)13-2-4-14(18)5-3-13/h2-5,10H,6-9,11H2,1H3,(H,19,23). The lowest BCUT2D eigenvalue weighted by Crippen LogP contribution is -2.37. The maximum absolute atomic E-state index is 12.2. The molecule has 0 bridgehead atoms. The van der Waals surface area contributed by atoms with Gasteiger partial charge >= 0.3 is 0 Å². The van der Waals surface area contributed by atoms with Gasteiger partial charge in [0.05, 0.1) is 25.5 Å². The van der Waals surface area contributed by atoms with Gasteiger partial charge in [-0.3, -0.25) is 4.79 Å². The zero-order valence-corrected chi connectivity index (χ0v) is 15.6. The Bertz CT molecular complexity index is 715. The molecule has 1 aromatic carbocycles. The molecule has 24 heavy (non-hydrogen) atoms. The van der Waals surface area contributed by atoms with Crippen LogP contribution in [0.3, 0.4) is 0 Å². The van der Waals surface area contributed by atoms with Crippen molar-refractivity contribution in [2.75, 3.05) is 31.2 Å². The van der Waals surface area contributed by atoms with E-state index in [0.717, 1.165) is 28.0 Å². The first-order valence-electron chi connectivity index (χ1n) is 7.83. The predicted molar refractivity (Wildman–Crippen MR) is 100 cm³/mol. The number of nitrogens with one attached hydrogen (secondary N) is 1. The molecule has 1 N–H and O–H groups in total. The van der Waals surface area contributed by atoms with Gasteiger partial charge in [-0.15, -0.1) is 0 Å². The zero-order chi connectivity index (χ0) is 16.9. The lowest BCUT2D eigenvalue weighted by atomic mass is 10.2. The van der Waals surface area contributed by atoms with Gasteiger partial charge in [-0.05, 0) is 59.8 Å². The van der Waals surface area contributed by atoms with Crippen LogP contribution in [0.2, 0.25) is 0 Å². The van der Waals surface area contributed by atoms with Crippen LogP contribution in [0.15, 0.2) is 30.3 Å². The van der Waals surface area contributed by atoms with E-state index in [0.29, 0.717) is 31.3 Å². The van der Waals surface area contributed by atoms with Crippen LogP contribution >= 0.6 is 22.6 Å². The number of aryl methyl sites for hydroxylation is 1. The summed E-state index contributed by atoms with van der Waals surface area (Å²) in [6, 6.07) is 9.38. The zero-order valence-electron chi connectivity index (χ0n) is 13.5. The van der Waals surface area contributed by atoms with Crippen LogP contribution in [0.25, 0.3) is 0 Å². The van der Waals surface area contributed by atoms with Gasteiger partial charge in [0.2, 0.25) is 5.95 Å². The van der Waals surface area contributed by atoms with Crippen LogP contribution in [-0.4, -0.2) is 42.2 Å². The smallest absolute Gasteiger partial charge is 0.251 e. The molecule has 0 radical (unpaired) electrons. The maximum Gasteiger partial charge on any atom is 0.251 e. The molecule has 0 unspecified atom stereocenters. The molecule has 1 fully saturated rings. The Labute approximate surface area is 154 Å². The quantitative estimate of drug-likeness (QED) is 0.742. The molecule has 0 saturated carbocycles. The Morgan fingerprint density at radius 3 is 2.67 bits per heavy atom. The van der Waals surface area contributed by atoms with E-state index in [1.165, 1.54) is 0 Å². The third-order valence-corrected chi connectivity index (χ3v) is 4.45. The van der Waals surface area contributed by atoms with Crippen molar-refractivity contribution in [3.8, 4) is 0 Å². The second kappa shape index (κ2) is 7.89. The molecule has 126 valence electrons. The van der Waals surface area contributed by atoms with Crippen LogP contribution in [0.1, 0.15) is 21.7 Å². The average Bonchev–Trinajstić information content (AvgIpc) is 2.60. The SMILES string of the molecule is Cc1cc(CNC(=O)c2ccc(I)cc2)nc(N2CCOCC2)n1. The molecular formula is C17H19IN4O2. The van der Waals surface area contributed by atoms with Crippen LogP contribution in [0.5, 0.6) is 0 Å². The normalized spacial score (nSPS) is 14.5. The van der Waals surface area contributed by atoms with Crippen molar-refractivity contribution in [1.82, 2.24) is 15.3 Å². The van der Waals surface area contributed by atoms with Crippen molar-refractivity contribution in [3.63, 3.8) is 0 Å². The number of ether oxygens (including phenoxy) is 1. The molecule has 1 amide bonds. The summed E-state index contributed by atoms with van der Waals surface area (Å²) < 4.78 is 6.47. The number of benzene rings is 1. The minimum Gasteiger partial charge on any atom is -0.378 e. The Kier molecular flexibility index (Phi) is 5.62. The van der Waals surface area contributed by atoms with E-state index in [-0.39, 0.29) is 5.91 Å². The van der Waals surface area contributed by atoms with E-state index in [1.54, 1.807) is 0 Å². The summed E-state index contributed by atoms with van der Waals surface area (Å²) in [4.78, 5) is 23.4. The lowest BCUT2D eigenvalue weighted by molar-refractivity contribution is 0.0950.